The summed E-state index contributed by atoms with van der Waals surface area (Å²) in [6, 6.07) is 15.0. The largest absolute Gasteiger partial charge is 0.497 e. The number of nitrogens with one attached hydrogen (secondary N) is 2. The Kier molecular flexibility index (Phi) is 7.67. The van der Waals surface area contributed by atoms with Gasteiger partial charge in [-0.05, 0) is 48.2 Å². The standard InChI is InChI=1S/C20H27N3O3S/c1-21-20(23-14-12-17-5-4-6-18(15-17)26-2)22-13-11-16-7-9-19(10-8-16)27(3,24)25/h4-10,15H,11-14H2,1-3H3,(H2,21,22,23). The zero-order valence-corrected chi connectivity index (χ0v) is 16.8. The molecule has 6 nitrogen and oxygen atoms in total. The Balaban J connectivity index is 1.75. The zero-order valence-electron chi connectivity index (χ0n) is 16.0. The SMILES string of the molecule is CN=C(NCCc1ccc(S(C)(=O)=O)cc1)NCCc1cccc(OC)c1. The van der Waals surface area contributed by atoms with E-state index in [0.717, 1.165) is 36.7 Å². The van der Waals surface area contributed by atoms with Crippen LogP contribution in [0.4, 0.5) is 0 Å². The van der Waals surface area contributed by atoms with E-state index in [1.807, 2.05) is 30.3 Å². The third kappa shape index (κ3) is 6.94. The highest BCUT2D eigenvalue weighted by molar-refractivity contribution is 7.90. The lowest BCUT2D eigenvalue weighted by molar-refractivity contribution is 0.414. The Morgan fingerprint density at radius 1 is 1.00 bits per heavy atom. The number of ether oxygens (including phenoxy) is 1. The van der Waals surface area contributed by atoms with Gasteiger partial charge in [0.1, 0.15) is 5.75 Å². The molecule has 2 aromatic carbocycles. The first-order chi connectivity index (χ1) is 12.9. The molecule has 0 amide bonds. The maximum atomic E-state index is 11.5. The van der Waals surface area contributed by atoms with Gasteiger partial charge in [0.05, 0.1) is 12.0 Å². The van der Waals surface area contributed by atoms with Gasteiger partial charge in [0.2, 0.25) is 0 Å². The molecule has 0 atom stereocenters. The summed E-state index contributed by atoms with van der Waals surface area (Å²) >= 11 is 0. The van der Waals surface area contributed by atoms with Gasteiger partial charge in [-0.15, -0.1) is 0 Å². The Morgan fingerprint density at radius 2 is 1.63 bits per heavy atom. The summed E-state index contributed by atoms with van der Waals surface area (Å²) in [4.78, 5) is 4.56. The Bertz CT molecular complexity index is 862. The van der Waals surface area contributed by atoms with Crippen LogP contribution in [0.25, 0.3) is 0 Å². The fourth-order valence-electron chi connectivity index (χ4n) is 2.60. The fourth-order valence-corrected chi connectivity index (χ4v) is 3.23. The summed E-state index contributed by atoms with van der Waals surface area (Å²) in [7, 11) is 0.255. The van der Waals surface area contributed by atoms with Crippen LogP contribution in [0.1, 0.15) is 11.1 Å². The van der Waals surface area contributed by atoms with E-state index < -0.39 is 9.84 Å². The lowest BCUT2D eigenvalue weighted by atomic mass is 10.1. The molecule has 0 aliphatic rings. The van der Waals surface area contributed by atoms with E-state index in [-0.39, 0.29) is 0 Å². The van der Waals surface area contributed by atoms with Gasteiger partial charge in [-0.2, -0.15) is 0 Å². The van der Waals surface area contributed by atoms with Crippen LogP contribution in [0.15, 0.2) is 58.4 Å². The summed E-state index contributed by atoms with van der Waals surface area (Å²) in [5.41, 5.74) is 2.27. The third-order valence-electron chi connectivity index (χ3n) is 4.12. The summed E-state index contributed by atoms with van der Waals surface area (Å²) in [6.45, 7) is 1.47. The van der Waals surface area contributed by atoms with E-state index in [9.17, 15) is 8.42 Å². The van der Waals surface area contributed by atoms with Crippen LogP contribution in [-0.2, 0) is 22.7 Å². The summed E-state index contributed by atoms with van der Waals surface area (Å²) in [5.74, 6) is 1.60. The van der Waals surface area contributed by atoms with Crippen LogP contribution < -0.4 is 15.4 Å². The van der Waals surface area contributed by atoms with Gasteiger partial charge in [-0.3, -0.25) is 4.99 Å². The van der Waals surface area contributed by atoms with E-state index in [4.69, 9.17) is 4.74 Å². The van der Waals surface area contributed by atoms with Gasteiger partial charge >= 0.3 is 0 Å². The van der Waals surface area contributed by atoms with E-state index in [0.29, 0.717) is 11.4 Å². The summed E-state index contributed by atoms with van der Waals surface area (Å²) in [6.07, 6.45) is 2.86. The first-order valence-electron chi connectivity index (χ1n) is 8.79. The van der Waals surface area contributed by atoms with Crippen molar-refractivity contribution in [3.8, 4) is 5.75 Å². The van der Waals surface area contributed by atoms with Crippen LogP contribution in [0.5, 0.6) is 5.75 Å². The second-order valence-corrected chi connectivity index (χ2v) is 8.21. The molecule has 0 radical (unpaired) electrons. The molecule has 0 saturated heterocycles. The van der Waals surface area contributed by atoms with Crippen molar-refractivity contribution in [2.75, 3.05) is 33.5 Å². The van der Waals surface area contributed by atoms with Crippen LogP contribution >= 0.6 is 0 Å². The predicted octanol–water partition coefficient (Wildman–Crippen LogP) is 2.05. The van der Waals surface area contributed by atoms with E-state index in [1.54, 1.807) is 26.3 Å². The number of nitrogens with zero attached hydrogens (tertiary/aromatic N) is 1. The highest BCUT2D eigenvalue weighted by atomic mass is 32.2. The van der Waals surface area contributed by atoms with Gasteiger partial charge in [0, 0.05) is 26.4 Å². The van der Waals surface area contributed by atoms with Gasteiger partial charge in [0.15, 0.2) is 15.8 Å². The summed E-state index contributed by atoms with van der Waals surface area (Å²) in [5, 5.41) is 6.56. The molecule has 27 heavy (non-hydrogen) atoms. The molecule has 0 aliphatic carbocycles. The molecule has 7 heteroatoms. The van der Waals surface area contributed by atoms with Crippen molar-refractivity contribution >= 4 is 15.8 Å². The van der Waals surface area contributed by atoms with Crippen LogP contribution in [-0.4, -0.2) is 47.9 Å². The highest BCUT2D eigenvalue weighted by Crippen LogP contribution is 2.12. The van der Waals surface area contributed by atoms with Crippen LogP contribution in [0.3, 0.4) is 0 Å². The molecule has 146 valence electrons. The normalized spacial score (nSPS) is 11.9. The third-order valence-corrected chi connectivity index (χ3v) is 5.25. The molecule has 0 aliphatic heterocycles. The Morgan fingerprint density at radius 3 is 2.19 bits per heavy atom. The predicted molar refractivity (Wildman–Crippen MR) is 109 cm³/mol. The number of aliphatic imine (C=N–C) groups is 1. The first-order valence-corrected chi connectivity index (χ1v) is 10.7. The van der Waals surface area contributed by atoms with E-state index in [1.165, 1.54) is 11.8 Å². The van der Waals surface area contributed by atoms with E-state index in [2.05, 4.69) is 21.7 Å². The molecule has 0 heterocycles. The molecule has 0 aromatic heterocycles. The maximum absolute atomic E-state index is 11.5. The Hall–Kier alpha value is -2.54. The molecule has 0 unspecified atom stereocenters. The monoisotopic (exact) mass is 389 g/mol. The van der Waals surface area contributed by atoms with Crippen molar-refractivity contribution in [3.63, 3.8) is 0 Å². The molecular formula is C20H27N3O3S. The molecule has 0 bridgehead atoms. The summed E-state index contributed by atoms with van der Waals surface area (Å²) < 4.78 is 28.2. The van der Waals surface area contributed by atoms with Crippen LogP contribution in [0, 0.1) is 0 Å². The minimum Gasteiger partial charge on any atom is -0.497 e. The second kappa shape index (κ2) is 9.97. The number of methoxy groups -OCH3 is 1. The van der Waals surface area contributed by atoms with Crippen LogP contribution in [0.2, 0.25) is 0 Å². The van der Waals surface area contributed by atoms with Crippen molar-refractivity contribution in [1.29, 1.82) is 0 Å². The number of sulfone groups is 1. The van der Waals surface area contributed by atoms with Crippen molar-refractivity contribution in [2.24, 2.45) is 4.99 Å². The molecule has 0 spiro atoms. The van der Waals surface area contributed by atoms with Gasteiger partial charge in [0.25, 0.3) is 0 Å². The smallest absolute Gasteiger partial charge is 0.190 e. The zero-order chi connectivity index (χ0) is 19.7. The Labute approximate surface area is 161 Å². The lowest BCUT2D eigenvalue weighted by Gasteiger charge is -2.12. The molecule has 0 fully saturated rings. The minimum absolute atomic E-state index is 0.342. The van der Waals surface area contributed by atoms with Crippen molar-refractivity contribution in [3.05, 3.63) is 59.7 Å². The molecular weight excluding hydrogens is 362 g/mol. The number of rotatable bonds is 8. The van der Waals surface area contributed by atoms with Gasteiger partial charge < -0.3 is 15.4 Å². The molecule has 2 aromatic rings. The maximum Gasteiger partial charge on any atom is 0.190 e. The number of guanidine groups is 1. The van der Waals surface area contributed by atoms with E-state index >= 15 is 0 Å². The fraction of sp³-hybridized carbons (Fsp3) is 0.350. The molecule has 2 N–H and O–H groups in total. The first kappa shape index (κ1) is 20.8. The van der Waals surface area contributed by atoms with Gasteiger partial charge in [-0.1, -0.05) is 24.3 Å². The van der Waals surface area contributed by atoms with Crippen molar-refractivity contribution < 1.29 is 13.2 Å². The topological polar surface area (TPSA) is 79.8 Å². The second-order valence-electron chi connectivity index (χ2n) is 6.19. The van der Waals surface area contributed by atoms with Crippen molar-refractivity contribution in [2.45, 2.75) is 17.7 Å². The molecule has 0 saturated carbocycles. The number of hydrogen-bond donors (Lipinski definition) is 2. The lowest BCUT2D eigenvalue weighted by Crippen LogP contribution is -2.39. The number of hydrogen-bond acceptors (Lipinski definition) is 4. The average molecular weight is 390 g/mol. The minimum atomic E-state index is -3.15. The van der Waals surface area contributed by atoms with Gasteiger partial charge in [-0.25, -0.2) is 8.42 Å². The molecule has 2 rings (SSSR count). The average Bonchev–Trinajstić information content (AvgIpc) is 2.66. The quantitative estimate of drug-likeness (QED) is 0.534. The van der Waals surface area contributed by atoms with Crippen molar-refractivity contribution in [1.82, 2.24) is 10.6 Å². The highest BCUT2D eigenvalue weighted by Gasteiger charge is 2.06. The number of benzene rings is 2.